The van der Waals surface area contributed by atoms with Crippen molar-refractivity contribution >= 4 is 33.3 Å². The smallest absolute Gasteiger partial charge is 0.261 e. The van der Waals surface area contributed by atoms with Gasteiger partial charge in [0, 0.05) is 13.7 Å². The maximum absolute atomic E-state index is 12.4. The van der Waals surface area contributed by atoms with Crippen LogP contribution in [0, 0.1) is 12.8 Å². The first-order valence-electron chi connectivity index (χ1n) is 8.25. The first kappa shape index (κ1) is 18.6. The largest absolute Gasteiger partial charge is 0.383 e. The quantitative estimate of drug-likeness (QED) is 0.764. The van der Waals surface area contributed by atoms with Gasteiger partial charge in [0.1, 0.15) is 17.0 Å². The number of methoxy groups -OCH3 is 1. The second-order valence-corrected chi connectivity index (χ2v) is 7.27. The molecule has 2 N–H and O–H groups in total. The molecule has 1 atom stereocenters. The minimum absolute atomic E-state index is 0.0425. The van der Waals surface area contributed by atoms with E-state index in [1.807, 2.05) is 6.92 Å². The third kappa shape index (κ3) is 4.21. The molecule has 2 heterocycles. The minimum atomic E-state index is -0.0425. The lowest BCUT2D eigenvalue weighted by atomic mass is 10.1. The Morgan fingerprint density at radius 2 is 2.12 bits per heavy atom. The second kappa shape index (κ2) is 8.39. The molecule has 132 valence electrons. The predicted molar refractivity (Wildman–Crippen MR) is 98.9 cm³/mol. The predicted octanol–water partition coefficient (Wildman–Crippen LogP) is 3.22. The van der Waals surface area contributed by atoms with Gasteiger partial charge in [-0.1, -0.05) is 20.8 Å². The summed E-state index contributed by atoms with van der Waals surface area (Å²) in [6.45, 7) is 9.47. The van der Waals surface area contributed by atoms with Crippen molar-refractivity contribution in [2.75, 3.05) is 25.6 Å². The molecule has 0 radical (unpaired) electrons. The van der Waals surface area contributed by atoms with E-state index in [1.165, 1.54) is 17.7 Å². The van der Waals surface area contributed by atoms with Gasteiger partial charge in [-0.2, -0.15) is 0 Å². The molecule has 0 saturated carbocycles. The van der Waals surface area contributed by atoms with Gasteiger partial charge in [0.05, 0.1) is 22.9 Å². The SMILES string of the molecule is CC[C@@H](COC)Nc1ncnc2sc(C(=O)NCC(C)C)c(C)c12. The van der Waals surface area contributed by atoms with E-state index in [9.17, 15) is 4.79 Å². The zero-order valence-electron chi connectivity index (χ0n) is 15.0. The van der Waals surface area contributed by atoms with Gasteiger partial charge in [-0.25, -0.2) is 9.97 Å². The van der Waals surface area contributed by atoms with E-state index in [4.69, 9.17) is 4.74 Å². The highest BCUT2D eigenvalue weighted by Crippen LogP contribution is 2.33. The van der Waals surface area contributed by atoms with Crippen LogP contribution < -0.4 is 10.6 Å². The summed E-state index contributed by atoms with van der Waals surface area (Å²) in [5.74, 6) is 1.14. The van der Waals surface area contributed by atoms with Crippen LogP contribution >= 0.6 is 11.3 Å². The van der Waals surface area contributed by atoms with Crippen LogP contribution in [0.3, 0.4) is 0 Å². The molecule has 0 unspecified atom stereocenters. The highest BCUT2D eigenvalue weighted by molar-refractivity contribution is 7.20. The monoisotopic (exact) mass is 350 g/mol. The summed E-state index contributed by atoms with van der Waals surface area (Å²) in [5, 5.41) is 7.31. The summed E-state index contributed by atoms with van der Waals surface area (Å²) in [7, 11) is 1.69. The van der Waals surface area contributed by atoms with Gasteiger partial charge in [0.15, 0.2) is 0 Å². The van der Waals surface area contributed by atoms with Crippen LogP contribution in [-0.4, -0.2) is 42.2 Å². The molecule has 0 spiro atoms. The van der Waals surface area contributed by atoms with Crippen LogP contribution in [0.2, 0.25) is 0 Å². The zero-order valence-corrected chi connectivity index (χ0v) is 15.8. The van der Waals surface area contributed by atoms with E-state index in [0.717, 1.165) is 28.0 Å². The normalized spacial score (nSPS) is 12.6. The van der Waals surface area contributed by atoms with Gasteiger partial charge in [0.25, 0.3) is 5.91 Å². The number of carbonyl (C=O) groups excluding carboxylic acids is 1. The van der Waals surface area contributed by atoms with Crippen molar-refractivity contribution in [1.82, 2.24) is 15.3 Å². The summed E-state index contributed by atoms with van der Waals surface area (Å²) in [4.78, 5) is 22.7. The zero-order chi connectivity index (χ0) is 17.7. The number of aryl methyl sites for hydroxylation is 1. The topological polar surface area (TPSA) is 76.1 Å². The van der Waals surface area contributed by atoms with Gasteiger partial charge in [0.2, 0.25) is 0 Å². The highest BCUT2D eigenvalue weighted by atomic mass is 32.1. The molecule has 0 aliphatic heterocycles. The molecule has 2 rings (SSSR count). The number of nitrogens with zero attached hydrogens (tertiary/aromatic N) is 2. The van der Waals surface area contributed by atoms with Crippen molar-refractivity contribution in [2.24, 2.45) is 5.92 Å². The van der Waals surface area contributed by atoms with Gasteiger partial charge in [-0.05, 0) is 24.8 Å². The summed E-state index contributed by atoms with van der Waals surface area (Å²) < 4.78 is 5.24. The van der Waals surface area contributed by atoms with Crippen LogP contribution in [0.25, 0.3) is 10.2 Å². The molecule has 0 saturated heterocycles. The fraction of sp³-hybridized carbons (Fsp3) is 0.588. The Morgan fingerprint density at radius 3 is 2.75 bits per heavy atom. The number of hydrogen-bond donors (Lipinski definition) is 2. The number of amides is 1. The molecule has 1 amide bonds. The van der Waals surface area contributed by atoms with Crippen molar-refractivity contribution in [3.8, 4) is 0 Å². The van der Waals surface area contributed by atoms with Crippen molar-refractivity contribution in [2.45, 2.75) is 40.2 Å². The number of ether oxygens (including phenoxy) is 1. The van der Waals surface area contributed by atoms with Gasteiger partial charge >= 0.3 is 0 Å². The van der Waals surface area contributed by atoms with Crippen molar-refractivity contribution in [3.05, 3.63) is 16.8 Å². The molecule has 24 heavy (non-hydrogen) atoms. The lowest BCUT2D eigenvalue weighted by Crippen LogP contribution is -2.27. The Balaban J connectivity index is 2.33. The van der Waals surface area contributed by atoms with E-state index >= 15 is 0 Å². The average molecular weight is 350 g/mol. The Bertz CT molecular complexity index is 699. The summed E-state index contributed by atoms with van der Waals surface area (Å²) in [5.41, 5.74) is 0.923. The Morgan fingerprint density at radius 1 is 1.38 bits per heavy atom. The number of carbonyl (C=O) groups is 1. The summed E-state index contributed by atoms with van der Waals surface area (Å²) in [6, 6.07) is 0.172. The average Bonchev–Trinajstić information content (AvgIpc) is 2.90. The van der Waals surface area contributed by atoms with Crippen molar-refractivity contribution in [3.63, 3.8) is 0 Å². The first-order valence-corrected chi connectivity index (χ1v) is 9.07. The molecule has 6 nitrogen and oxygen atoms in total. The van der Waals surface area contributed by atoms with Gasteiger partial charge < -0.3 is 15.4 Å². The molecular formula is C17H26N4O2S. The Labute approximate surface area is 147 Å². The maximum Gasteiger partial charge on any atom is 0.261 e. The molecule has 0 aromatic carbocycles. The minimum Gasteiger partial charge on any atom is -0.383 e. The molecule has 2 aromatic heterocycles. The van der Waals surface area contributed by atoms with E-state index in [0.29, 0.717) is 23.9 Å². The number of aromatic nitrogens is 2. The van der Waals surface area contributed by atoms with Gasteiger partial charge in [-0.3, -0.25) is 4.79 Å². The number of rotatable bonds is 8. The summed E-state index contributed by atoms with van der Waals surface area (Å²) in [6.07, 6.45) is 2.46. The fourth-order valence-electron chi connectivity index (χ4n) is 2.43. The third-order valence-electron chi connectivity index (χ3n) is 3.81. The standard InChI is InChI=1S/C17H26N4O2S/c1-6-12(8-23-5)21-15-13-11(4)14(16(22)18-7-10(2)3)24-17(13)20-9-19-15/h9-10,12H,6-8H2,1-5H3,(H,18,22)(H,19,20,21)/t12-/m0/s1. The van der Waals surface area contributed by atoms with Gasteiger partial charge in [-0.15, -0.1) is 11.3 Å². The number of fused-ring (bicyclic) bond motifs is 1. The summed E-state index contributed by atoms with van der Waals surface area (Å²) >= 11 is 1.41. The number of anilines is 1. The lowest BCUT2D eigenvalue weighted by Gasteiger charge is -2.17. The first-order chi connectivity index (χ1) is 11.5. The maximum atomic E-state index is 12.4. The van der Waals surface area contributed by atoms with Crippen LogP contribution in [0.4, 0.5) is 5.82 Å². The molecule has 0 aliphatic carbocycles. The number of hydrogen-bond acceptors (Lipinski definition) is 6. The van der Waals surface area contributed by atoms with E-state index < -0.39 is 0 Å². The lowest BCUT2D eigenvalue weighted by molar-refractivity contribution is 0.0952. The second-order valence-electron chi connectivity index (χ2n) is 6.27. The Kier molecular flexibility index (Phi) is 6.51. The van der Waals surface area contributed by atoms with E-state index in [2.05, 4.69) is 41.4 Å². The molecule has 0 bridgehead atoms. The van der Waals surface area contributed by atoms with Crippen LogP contribution in [-0.2, 0) is 4.74 Å². The van der Waals surface area contributed by atoms with Crippen molar-refractivity contribution in [1.29, 1.82) is 0 Å². The van der Waals surface area contributed by atoms with E-state index in [1.54, 1.807) is 7.11 Å². The molecule has 0 fully saturated rings. The number of thiophene rings is 1. The fourth-order valence-corrected chi connectivity index (χ4v) is 3.50. The van der Waals surface area contributed by atoms with Crippen molar-refractivity contribution < 1.29 is 9.53 Å². The van der Waals surface area contributed by atoms with Crippen LogP contribution in [0.1, 0.15) is 42.4 Å². The number of nitrogens with one attached hydrogen (secondary N) is 2. The molecule has 2 aromatic rings. The van der Waals surface area contributed by atoms with E-state index in [-0.39, 0.29) is 11.9 Å². The highest BCUT2D eigenvalue weighted by Gasteiger charge is 2.20. The Hall–Kier alpha value is -1.73. The molecule has 0 aliphatic rings. The third-order valence-corrected chi connectivity index (χ3v) is 5.00. The molecular weight excluding hydrogens is 324 g/mol. The molecule has 7 heteroatoms. The van der Waals surface area contributed by atoms with Crippen LogP contribution in [0.5, 0.6) is 0 Å². The van der Waals surface area contributed by atoms with Crippen LogP contribution in [0.15, 0.2) is 6.33 Å².